The van der Waals surface area contributed by atoms with Gasteiger partial charge in [-0.25, -0.2) is 4.39 Å². The number of para-hydroxylation sites is 2. The predicted molar refractivity (Wildman–Crippen MR) is 173 cm³/mol. The average Bonchev–Trinajstić information content (AvgIpc) is 3.33. The Hall–Kier alpha value is -5.31. The molecule has 2 aliphatic rings. The zero-order chi connectivity index (χ0) is 32.4. The second kappa shape index (κ2) is 13.0. The van der Waals surface area contributed by atoms with E-state index in [1.165, 1.54) is 29.2 Å². The van der Waals surface area contributed by atoms with Gasteiger partial charge in [-0.05, 0) is 85.0 Å². The van der Waals surface area contributed by atoms with E-state index in [1.54, 1.807) is 49.6 Å². The smallest absolute Gasteiger partial charge is 0.261 e. The summed E-state index contributed by atoms with van der Waals surface area (Å²) in [5, 5.41) is 2.97. The third-order valence-corrected chi connectivity index (χ3v) is 8.84. The van der Waals surface area contributed by atoms with Gasteiger partial charge >= 0.3 is 0 Å². The van der Waals surface area contributed by atoms with Crippen LogP contribution in [0.3, 0.4) is 0 Å². The van der Waals surface area contributed by atoms with Crippen molar-refractivity contribution in [2.45, 2.75) is 32.7 Å². The molecule has 4 aromatic carbocycles. The molecule has 1 saturated heterocycles. The van der Waals surface area contributed by atoms with E-state index in [0.29, 0.717) is 66.0 Å². The maximum Gasteiger partial charge on any atom is 0.261 e. The first kappa shape index (κ1) is 30.7. The van der Waals surface area contributed by atoms with Gasteiger partial charge in [0, 0.05) is 35.8 Å². The van der Waals surface area contributed by atoms with E-state index in [-0.39, 0.29) is 36.0 Å². The van der Waals surface area contributed by atoms with Gasteiger partial charge in [0.05, 0.1) is 30.5 Å². The number of halogens is 1. The van der Waals surface area contributed by atoms with E-state index in [1.807, 2.05) is 25.1 Å². The topological polar surface area (TPSA) is 96.0 Å². The van der Waals surface area contributed by atoms with Gasteiger partial charge in [0.2, 0.25) is 0 Å². The van der Waals surface area contributed by atoms with Gasteiger partial charge in [0.25, 0.3) is 17.7 Å². The number of piperidine rings is 1. The zero-order valence-corrected chi connectivity index (χ0v) is 25.7. The predicted octanol–water partition coefficient (Wildman–Crippen LogP) is 6.54. The number of ether oxygens (including phenoxy) is 1. The van der Waals surface area contributed by atoms with Crippen molar-refractivity contribution in [3.63, 3.8) is 0 Å². The fourth-order valence-electron chi connectivity index (χ4n) is 6.48. The molecule has 8 nitrogen and oxygen atoms in total. The highest BCUT2D eigenvalue weighted by Gasteiger charge is 2.37. The van der Waals surface area contributed by atoms with E-state index in [0.717, 1.165) is 16.8 Å². The van der Waals surface area contributed by atoms with Crippen LogP contribution in [-0.4, -0.2) is 48.6 Å². The normalized spacial score (nSPS) is 14.8. The third kappa shape index (κ3) is 5.76. The van der Waals surface area contributed by atoms with Crippen molar-refractivity contribution in [2.24, 2.45) is 5.92 Å². The Labute approximate surface area is 266 Å². The highest BCUT2D eigenvalue weighted by molar-refractivity contribution is 6.21. The Kier molecular flexibility index (Phi) is 8.66. The number of nitrogens with zero attached hydrogens (tertiary/aromatic N) is 2. The number of hydrogen-bond donors (Lipinski definition) is 1. The Bertz CT molecular complexity index is 1790. The number of nitrogens with one attached hydrogen (secondary N) is 1. The maximum atomic E-state index is 13.8. The SMILES string of the molecule is CCc1c(C(=O)Nc2ccccc2OC)ccc(CN2C(=O)c3ccccc3C2=O)c1N1CCC(C(=O)c2ccc(F)cc2)CC1. The number of carbonyl (C=O) groups excluding carboxylic acids is 4. The summed E-state index contributed by atoms with van der Waals surface area (Å²) in [6.45, 7) is 3.06. The molecule has 0 aromatic heterocycles. The van der Waals surface area contributed by atoms with Crippen molar-refractivity contribution in [1.82, 2.24) is 4.90 Å². The van der Waals surface area contributed by atoms with Crippen molar-refractivity contribution in [2.75, 3.05) is 30.4 Å². The summed E-state index contributed by atoms with van der Waals surface area (Å²) >= 11 is 0. The van der Waals surface area contributed by atoms with Crippen LogP contribution in [0.4, 0.5) is 15.8 Å². The Balaban J connectivity index is 1.33. The summed E-state index contributed by atoms with van der Waals surface area (Å²) in [5.41, 5.74) is 4.55. The number of hydrogen-bond acceptors (Lipinski definition) is 6. The monoisotopic (exact) mass is 619 g/mol. The van der Waals surface area contributed by atoms with Crippen molar-refractivity contribution >= 4 is 34.9 Å². The van der Waals surface area contributed by atoms with Crippen LogP contribution in [0.2, 0.25) is 0 Å². The molecule has 2 aliphatic heterocycles. The lowest BCUT2D eigenvalue weighted by Gasteiger charge is -2.36. The Morgan fingerprint density at radius 1 is 0.870 bits per heavy atom. The Morgan fingerprint density at radius 3 is 2.13 bits per heavy atom. The Morgan fingerprint density at radius 2 is 1.50 bits per heavy atom. The lowest BCUT2D eigenvalue weighted by atomic mass is 9.87. The van der Waals surface area contributed by atoms with Crippen molar-refractivity contribution in [1.29, 1.82) is 0 Å². The van der Waals surface area contributed by atoms with Crippen molar-refractivity contribution < 1.29 is 28.3 Å². The number of methoxy groups -OCH3 is 1. The molecule has 9 heteroatoms. The zero-order valence-electron chi connectivity index (χ0n) is 25.7. The molecule has 0 spiro atoms. The molecule has 6 rings (SSSR count). The van der Waals surface area contributed by atoms with E-state index in [4.69, 9.17) is 4.74 Å². The molecular formula is C37H34FN3O5. The number of fused-ring (bicyclic) bond motifs is 1. The number of anilines is 2. The molecule has 0 aliphatic carbocycles. The second-order valence-electron chi connectivity index (χ2n) is 11.5. The molecule has 0 atom stereocenters. The molecule has 2 heterocycles. The summed E-state index contributed by atoms with van der Waals surface area (Å²) in [5.74, 6) is -1.13. The van der Waals surface area contributed by atoms with E-state index in [9.17, 15) is 23.6 Å². The lowest BCUT2D eigenvalue weighted by Crippen LogP contribution is -2.38. The van der Waals surface area contributed by atoms with Gasteiger partial charge in [0.15, 0.2) is 5.78 Å². The number of carbonyl (C=O) groups is 4. The van der Waals surface area contributed by atoms with E-state index >= 15 is 0 Å². The van der Waals surface area contributed by atoms with Gasteiger partial charge < -0.3 is 15.0 Å². The summed E-state index contributed by atoms with van der Waals surface area (Å²) in [7, 11) is 1.54. The molecule has 46 heavy (non-hydrogen) atoms. The number of Topliss-reactive ketones (excluding diaryl/α,β-unsaturated/α-hetero) is 1. The molecule has 234 valence electrons. The molecule has 4 aromatic rings. The summed E-state index contributed by atoms with van der Waals surface area (Å²) in [6.07, 6.45) is 1.63. The molecule has 0 radical (unpaired) electrons. The van der Waals surface area contributed by atoms with Gasteiger partial charge in [-0.1, -0.05) is 37.3 Å². The minimum Gasteiger partial charge on any atom is -0.495 e. The molecular weight excluding hydrogens is 585 g/mol. The second-order valence-corrected chi connectivity index (χ2v) is 11.5. The molecule has 0 unspecified atom stereocenters. The van der Waals surface area contributed by atoms with Crippen molar-refractivity contribution in [3.8, 4) is 5.75 Å². The largest absolute Gasteiger partial charge is 0.495 e. The standard InChI is InChI=1S/C37H34FN3O5/c1-3-27-28(35(43)39-31-10-6-7-11-32(31)46-2)17-14-25(22-41-36(44)29-8-4-5-9-30(29)37(41)45)33(27)40-20-18-24(19-21-40)34(42)23-12-15-26(38)16-13-23/h4-17,24H,3,18-22H2,1-2H3,(H,39,43). The van der Waals surface area contributed by atoms with Crippen LogP contribution in [0, 0.1) is 11.7 Å². The molecule has 1 fully saturated rings. The van der Waals surface area contributed by atoms with Gasteiger partial charge in [-0.3, -0.25) is 24.1 Å². The number of ketones is 1. The molecule has 3 amide bonds. The van der Waals surface area contributed by atoms with Gasteiger partial charge in [-0.15, -0.1) is 0 Å². The van der Waals surface area contributed by atoms with Crippen LogP contribution < -0.4 is 15.0 Å². The third-order valence-electron chi connectivity index (χ3n) is 8.84. The first-order chi connectivity index (χ1) is 22.3. The van der Waals surface area contributed by atoms with E-state index in [2.05, 4.69) is 10.2 Å². The minimum absolute atomic E-state index is 0.0217. The van der Waals surface area contributed by atoms with Crippen LogP contribution in [-0.2, 0) is 13.0 Å². The van der Waals surface area contributed by atoms with Crippen LogP contribution in [0.1, 0.15) is 72.3 Å². The van der Waals surface area contributed by atoms with Crippen molar-refractivity contribution in [3.05, 3.63) is 124 Å². The summed E-state index contributed by atoms with van der Waals surface area (Å²) < 4.78 is 18.9. The first-order valence-electron chi connectivity index (χ1n) is 15.4. The molecule has 1 N–H and O–H groups in total. The average molecular weight is 620 g/mol. The van der Waals surface area contributed by atoms with Crippen LogP contribution in [0.15, 0.2) is 84.9 Å². The lowest BCUT2D eigenvalue weighted by molar-refractivity contribution is 0.0641. The minimum atomic E-state index is -0.390. The fourth-order valence-corrected chi connectivity index (χ4v) is 6.48. The van der Waals surface area contributed by atoms with E-state index < -0.39 is 5.82 Å². The number of imide groups is 1. The number of benzene rings is 4. The number of amides is 3. The fraction of sp³-hybridized carbons (Fsp3) is 0.243. The van der Waals surface area contributed by atoms with Crippen LogP contribution >= 0.6 is 0 Å². The summed E-state index contributed by atoms with van der Waals surface area (Å²) in [4.78, 5) is 57.0. The highest BCUT2D eigenvalue weighted by Crippen LogP contribution is 2.36. The summed E-state index contributed by atoms with van der Waals surface area (Å²) in [6, 6.07) is 23.1. The van der Waals surface area contributed by atoms with Crippen LogP contribution in [0.5, 0.6) is 5.75 Å². The van der Waals surface area contributed by atoms with Crippen LogP contribution in [0.25, 0.3) is 0 Å². The highest BCUT2D eigenvalue weighted by atomic mass is 19.1. The quantitative estimate of drug-likeness (QED) is 0.169. The molecule has 0 saturated carbocycles. The first-order valence-corrected chi connectivity index (χ1v) is 15.4. The maximum absolute atomic E-state index is 13.8. The number of rotatable bonds is 9. The van der Waals surface area contributed by atoms with Gasteiger partial charge in [-0.2, -0.15) is 0 Å². The molecule has 0 bridgehead atoms. The van der Waals surface area contributed by atoms with Gasteiger partial charge in [0.1, 0.15) is 11.6 Å².